The molecule has 8 heteroatoms. The number of urea groups is 1. The van der Waals surface area contributed by atoms with Crippen LogP contribution in [0.5, 0.6) is 0 Å². The van der Waals surface area contributed by atoms with Crippen molar-refractivity contribution in [2.24, 2.45) is 0 Å². The Kier molecular flexibility index (Phi) is 7.56. The molecule has 8 nitrogen and oxygen atoms in total. The predicted octanol–water partition coefficient (Wildman–Crippen LogP) is 1.33. The van der Waals surface area contributed by atoms with E-state index in [1.54, 1.807) is 6.08 Å². The van der Waals surface area contributed by atoms with Crippen LogP contribution in [0, 0.1) is 0 Å². The van der Waals surface area contributed by atoms with E-state index in [0.717, 1.165) is 0 Å². The minimum atomic E-state index is -0.541. The van der Waals surface area contributed by atoms with E-state index in [4.69, 9.17) is 4.74 Å². The molecule has 0 radical (unpaired) electrons. The molecule has 1 aromatic rings. The van der Waals surface area contributed by atoms with Gasteiger partial charge in [-0.15, -0.1) is 0 Å². The fourth-order valence-corrected chi connectivity index (χ4v) is 1.52. The van der Waals surface area contributed by atoms with Gasteiger partial charge >= 0.3 is 6.03 Å². The van der Waals surface area contributed by atoms with Crippen LogP contribution in [-0.2, 0) is 9.53 Å². The first kappa shape index (κ1) is 17.9. The van der Waals surface area contributed by atoms with Gasteiger partial charge in [0, 0.05) is 25.9 Å². The highest BCUT2D eigenvalue weighted by Gasteiger charge is 2.11. The lowest BCUT2D eigenvalue weighted by Gasteiger charge is -2.13. The maximum atomic E-state index is 12.0. The maximum absolute atomic E-state index is 12.0. The Balaban J connectivity index is 2.87. The van der Waals surface area contributed by atoms with Crippen LogP contribution >= 0.6 is 0 Å². The third kappa shape index (κ3) is 6.42. The average Bonchev–Trinajstić information content (AvgIpc) is 2.57. The van der Waals surface area contributed by atoms with Gasteiger partial charge in [0.1, 0.15) is 5.76 Å². The molecule has 0 atom stereocenters. The molecule has 0 saturated heterocycles. The van der Waals surface area contributed by atoms with Gasteiger partial charge in [-0.2, -0.15) is 0 Å². The fraction of sp³-hybridized carbons (Fsp3) is 0.200. The van der Waals surface area contributed by atoms with Crippen LogP contribution in [0.2, 0.25) is 0 Å². The SMILES string of the molecule is C=C/C=C(OC)\C(=C/CC(=O)NC)NC(=O)Nc1cnccn1. The van der Waals surface area contributed by atoms with E-state index in [1.807, 2.05) is 0 Å². The normalized spacial score (nSPS) is 11.4. The fourth-order valence-electron chi connectivity index (χ4n) is 1.52. The first-order chi connectivity index (χ1) is 11.1. The molecule has 1 heterocycles. The summed E-state index contributed by atoms with van der Waals surface area (Å²) in [4.78, 5) is 31.2. The van der Waals surface area contributed by atoms with Gasteiger partial charge in [-0.25, -0.2) is 9.78 Å². The van der Waals surface area contributed by atoms with Crippen LogP contribution in [0.3, 0.4) is 0 Å². The van der Waals surface area contributed by atoms with Crippen LogP contribution in [-0.4, -0.2) is 36.1 Å². The highest BCUT2D eigenvalue weighted by Crippen LogP contribution is 2.10. The Bertz CT molecular complexity index is 611. The van der Waals surface area contributed by atoms with Gasteiger partial charge in [-0.05, 0) is 12.2 Å². The van der Waals surface area contributed by atoms with Crippen molar-refractivity contribution in [1.29, 1.82) is 0 Å². The number of ether oxygens (including phenoxy) is 1. The minimum absolute atomic E-state index is 0.0785. The number of aromatic nitrogens is 2. The van der Waals surface area contributed by atoms with Crippen LogP contribution in [0.4, 0.5) is 10.6 Å². The largest absolute Gasteiger partial charge is 0.495 e. The molecular formula is C15H19N5O3. The number of rotatable bonds is 7. The number of carbonyl (C=O) groups is 2. The van der Waals surface area contributed by atoms with E-state index in [-0.39, 0.29) is 12.3 Å². The van der Waals surface area contributed by atoms with Gasteiger partial charge in [-0.3, -0.25) is 15.1 Å². The maximum Gasteiger partial charge on any atom is 0.324 e. The number of anilines is 1. The average molecular weight is 317 g/mol. The highest BCUT2D eigenvalue weighted by molar-refractivity contribution is 5.89. The van der Waals surface area contributed by atoms with Crippen molar-refractivity contribution in [2.45, 2.75) is 6.42 Å². The quantitative estimate of drug-likeness (QED) is 0.520. The van der Waals surface area contributed by atoms with Gasteiger partial charge in [-0.1, -0.05) is 12.7 Å². The molecule has 0 aliphatic rings. The van der Waals surface area contributed by atoms with E-state index < -0.39 is 6.03 Å². The lowest BCUT2D eigenvalue weighted by Crippen LogP contribution is -2.30. The van der Waals surface area contributed by atoms with E-state index >= 15 is 0 Å². The summed E-state index contributed by atoms with van der Waals surface area (Å²) in [7, 11) is 2.98. The van der Waals surface area contributed by atoms with Crippen molar-refractivity contribution in [2.75, 3.05) is 19.5 Å². The van der Waals surface area contributed by atoms with Crippen LogP contribution in [0.25, 0.3) is 0 Å². The molecule has 1 aromatic heterocycles. The Hall–Kier alpha value is -3.16. The van der Waals surface area contributed by atoms with Gasteiger partial charge in [0.15, 0.2) is 5.82 Å². The first-order valence-corrected chi connectivity index (χ1v) is 6.72. The third-order valence-electron chi connectivity index (χ3n) is 2.58. The number of nitrogens with one attached hydrogen (secondary N) is 3. The Morgan fingerprint density at radius 3 is 2.74 bits per heavy atom. The third-order valence-corrected chi connectivity index (χ3v) is 2.58. The zero-order valence-electron chi connectivity index (χ0n) is 13.0. The van der Waals surface area contributed by atoms with Gasteiger partial charge in [0.25, 0.3) is 0 Å². The molecule has 3 N–H and O–H groups in total. The molecule has 0 fully saturated rings. The second-order valence-electron chi connectivity index (χ2n) is 4.14. The van der Waals surface area contributed by atoms with Crippen molar-refractivity contribution in [3.8, 4) is 0 Å². The lowest BCUT2D eigenvalue weighted by molar-refractivity contribution is -0.119. The zero-order valence-corrected chi connectivity index (χ0v) is 13.0. The van der Waals surface area contributed by atoms with Crippen molar-refractivity contribution in [3.63, 3.8) is 0 Å². The highest BCUT2D eigenvalue weighted by atomic mass is 16.5. The zero-order chi connectivity index (χ0) is 17.1. The summed E-state index contributed by atoms with van der Waals surface area (Å²) in [5, 5.41) is 7.62. The molecular weight excluding hydrogens is 298 g/mol. The topological polar surface area (TPSA) is 105 Å². The van der Waals surface area contributed by atoms with Crippen molar-refractivity contribution >= 4 is 17.8 Å². The second kappa shape index (κ2) is 9.72. The standard InChI is InChI=1S/C15H19N5O3/c1-4-5-12(23-3)11(6-7-14(21)16-2)19-15(22)20-13-10-17-8-9-18-13/h4-6,8-10H,1,7H2,2-3H3,(H,16,21)(H2,18,19,20,22)/b11-6+,12-5+. The molecule has 122 valence electrons. The van der Waals surface area contributed by atoms with E-state index in [0.29, 0.717) is 17.3 Å². The van der Waals surface area contributed by atoms with Crippen molar-refractivity contribution < 1.29 is 14.3 Å². The molecule has 0 unspecified atom stereocenters. The molecule has 0 aromatic carbocycles. The molecule has 23 heavy (non-hydrogen) atoms. The number of methoxy groups -OCH3 is 1. The molecule has 0 saturated carbocycles. The summed E-state index contributed by atoms with van der Waals surface area (Å²) in [5.41, 5.74) is 0.331. The first-order valence-electron chi connectivity index (χ1n) is 6.72. The van der Waals surface area contributed by atoms with Gasteiger partial charge < -0.3 is 15.4 Å². The molecule has 0 aliphatic carbocycles. The number of nitrogens with zero attached hydrogens (tertiary/aromatic N) is 2. The molecule has 0 bridgehead atoms. The molecule has 1 rings (SSSR count). The van der Waals surface area contributed by atoms with Crippen LogP contribution < -0.4 is 16.0 Å². The van der Waals surface area contributed by atoms with Crippen LogP contribution in [0.1, 0.15) is 6.42 Å². The van der Waals surface area contributed by atoms with Gasteiger partial charge in [0.2, 0.25) is 5.91 Å². The predicted molar refractivity (Wildman–Crippen MR) is 86.2 cm³/mol. The number of hydrogen-bond acceptors (Lipinski definition) is 5. The Morgan fingerprint density at radius 2 is 2.17 bits per heavy atom. The molecule has 3 amide bonds. The summed E-state index contributed by atoms with van der Waals surface area (Å²) >= 11 is 0. The number of allylic oxidation sites excluding steroid dienone is 2. The van der Waals surface area contributed by atoms with Crippen molar-refractivity contribution in [1.82, 2.24) is 20.6 Å². The summed E-state index contributed by atoms with van der Waals surface area (Å²) in [6.07, 6.45) is 9.05. The van der Waals surface area contributed by atoms with Crippen molar-refractivity contribution in [3.05, 3.63) is 54.9 Å². The number of amides is 3. The minimum Gasteiger partial charge on any atom is -0.495 e. The molecule has 0 spiro atoms. The smallest absolute Gasteiger partial charge is 0.324 e. The summed E-state index contributed by atoms with van der Waals surface area (Å²) < 4.78 is 5.19. The summed E-state index contributed by atoms with van der Waals surface area (Å²) in [6, 6.07) is -0.541. The lowest BCUT2D eigenvalue weighted by atomic mass is 10.2. The summed E-state index contributed by atoms with van der Waals surface area (Å²) in [6.45, 7) is 3.58. The van der Waals surface area contributed by atoms with Gasteiger partial charge in [0.05, 0.1) is 19.0 Å². The van der Waals surface area contributed by atoms with E-state index in [2.05, 4.69) is 32.5 Å². The second-order valence-corrected chi connectivity index (χ2v) is 4.14. The monoisotopic (exact) mass is 317 g/mol. The molecule has 0 aliphatic heterocycles. The van der Waals surface area contributed by atoms with Crippen LogP contribution in [0.15, 0.2) is 54.9 Å². The Labute approximate surface area is 134 Å². The van der Waals surface area contributed by atoms with E-state index in [9.17, 15) is 9.59 Å². The Morgan fingerprint density at radius 1 is 1.39 bits per heavy atom. The summed E-state index contributed by atoms with van der Waals surface area (Å²) in [5.74, 6) is 0.452. The van der Waals surface area contributed by atoms with E-state index in [1.165, 1.54) is 44.9 Å². The number of carbonyl (C=O) groups excluding carboxylic acids is 2. The number of hydrogen-bond donors (Lipinski definition) is 3.